The van der Waals surface area contributed by atoms with Gasteiger partial charge in [0.1, 0.15) is 23.6 Å². The quantitative estimate of drug-likeness (QED) is 0.167. The smallest absolute Gasteiger partial charge is 0.204 e. The van der Waals surface area contributed by atoms with Crippen LogP contribution < -0.4 is 15.8 Å². The molecule has 0 fully saturated rings. The highest BCUT2D eigenvalue weighted by Gasteiger charge is 2.00. The van der Waals surface area contributed by atoms with Gasteiger partial charge < -0.3 is 20.6 Å². The predicted molar refractivity (Wildman–Crippen MR) is 167 cm³/mol. The molecule has 4 aromatic rings. The fraction of sp³-hybridized carbons (Fsp3) is 0.257. The molecule has 0 radical (unpaired) electrons. The monoisotopic (exact) mass is 558 g/mol. The fourth-order valence-electron chi connectivity index (χ4n) is 3.78. The van der Waals surface area contributed by atoms with Gasteiger partial charge in [0.25, 0.3) is 0 Å². The molecule has 0 saturated heterocycles. The van der Waals surface area contributed by atoms with Gasteiger partial charge in [0.2, 0.25) is 6.41 Å². The Morgan fingerprint density at radius 1 is 0.756 bits per heavy atom. The molecule has 1 amide bonds. The summed E-state index contributed by atoms with van der Waals surface area (Å²) in [6, 6.07) is 30.5. The van der Waals surface area contributed by atoms with Crippen LogP contribution in [0.2, 0.25) is 0 Å². The van der Waals surface area contributed by atoms with Crippen molar-refractivity contribution in [3.8, 4) is 11.5 Å². The zero-order valence-electron chi connectivity index (χ0n) is 24.6. The molecule has 4 rings (SSSR count). The summed E-state index contributed by atoms with van der Waals surface area (Å²) in [5.41, 5.74) is 10.4. The number of primary amides is 1. The summed E-state index contributed by atoms with van der Waals surface area (Å²) in [7, 11) is 1.97. The minimum atomic E-state index is -0.255. The number of rotatable bonds is 9. The van der Waals surface area contributed by atoms with E-state index in [1.165, 1.54) is 52.8 Å². The Morgan fingerprint density at radius 3 is 1.76 bits per heavy atom. The molecule has 3 N–H and O–H groups in total. The van der Waals surface area contributed by atoms with Crippen molar-refractivity contribution in [1.29, 1.82) is 0 Å². The van der Waals surface area contributed by atoms with Gasteiger partial charge in [0.15, 0.2) is 0 Å². The second-order valence-corrected chi connectivity index (χ2v) is 9.29. The summed E-state index contributed by atoms with van der Waals surface area (Å²) in [6.07, 6.45) is 5.19. The van der Waals surface area contributed by atoms with Crippen LogP contribution in [0.15, 0.2) is 97.1 Å². The van der Waals surface area contributed by atoms with Crippen molar-refractivity contribution in [3.63, 3.8) is 0 Å². The van der Waals surface area contributed by atoms with Crippen LogP contribution >= 0.6 is 0 Å². The largest absolute Gasteiger partial charge is 0.457 e. The summed E-state index contributed by atoms with van der Waals surface area (Å²) in [5, 5.41) is 3.15. The summed E-state index contributed by atoms with van der Waals surface area (Å²) in [4.78, 5) is 18.9. The zero-order chi connectivity index (χ0) is 30.3. The number of benzene rings is 4. The Hall–Kier alpha value is -4.29. The molecule has 41 heavy (non-hydrogen) atoms. The van der Waals surface area contributed by atoms with E-state index in [0.717, 1.165) is 25.0 Å². The number of amides is 1. The Balaban J connectivity index is 0.000000333. The third-order valence-electron chi connectivity index (χ3n) is 5.99. The summed E-state index contributed by atoms with van der Waals surface area (Å²) in [5.74, 6) is 1.16. The first-order chi connectivity index (χ1) is 19.8. The number of carbonyl (C=O) groups is 2. The molecule has 6 heteroatoms. The Kier molecular flexibility index (Phi) is 18.2. The second-order valence-electron chi connectivity index (χ2n) is 9.29. The van der Waals surface area contributed by atoms with E-state index >= 15 is 0 Å². The minimum absolute atomic E-state index is 0.250. The lowest BCUT2D eigenvalue weighted by molar-refractivity contribution is -0.107. The van der Waals surface area contributed by atoms with Crippen molar-refractivity contribution in [2.45, 2.75) is 46.5 Å². The first kappa shape index (κ1) is 34.7. The van der Waals surface area contributed by atoms with Crippen molar-refractivity contribution in [3.05, 3.63) is 131 Å². The molecule has 0 heterocycles. The van der Waals surface area contributed by atoms with Crippen LogP contribution in [0.5, 0.6) is 11.5 Å². The molecule has 0 aliphatic heterocycles. The average Bonchev–Trinajstić information content (AvgIpc) is 2.97. The van der Waals surface area contributed by atoms with Crippen molar-refractivity contribution >= 4 is 12.7 Å². The third kappa shape index (κ3) is 15.8. The van der Waals surface area contributed by atoms with Gasteiger partial charge in [0.05, 0.1) is 0 Å². The van der Waals surface area contributed by atoms with E-state index in [2.05, 4.69) is 42.2 Å². The van der Waals surface area contributed by atoms with Gasteiger partial charge in [-0.05, 0) is 112 Å². The van der Waals surface area contributed by atoms with E-state index in [1.54, 1.807) is 12.1 Å². The number of unbranched alkanes of at least 4 members (excludes halogenated alkanes) is 1. The molecule has 0 atom stereocenters. The maximum atomic E-state index is 12.8. The highest BCUT2D eigenvalue weighted by atomic mass is 19.1. The number of aryl methyl sites for hydroxylation is 4. The van der Waals surface area contributed by atoms with Crippen LogP contribution in [0.3, 0.4) is 0 Å². The molecule has 0 spiro atoms. The van der Waals surface area contributed by atoms with E-state index in [0.29, 0.717) is 12.2 Å². The maximum absolute atomic E-state index is 12.8. The number of nitrogens with one attached hydrogen (secondary N) is 1. The molecule has 0 unspecified atom stereocenters. The number of carbonyl (C=O) groups excluding carboxylic acids is 2. The molecule has 218 valence electrons. The van der Waals surface area contributed by atoms with Crippen LogP contribution in [0.25, 0.3) is 0 Å². The predicted octanol–water partition coefficient (Wildman–Crippen LogP) is 7.30. The van der Waals surface area contributed by atoms with Crippen LogP contribution in [-0.4, -0.2) is 26.3 Å². The zero-order valence-corrected chi connectivity index (χ0v) is 24.6. The maximum Gasteiger partial charge on any atom is 0.204 e. The number of hydrogen-bond donors (Lipinski definition) is 2. The summed E-state index contributed by atoms with van der Waals surface area (Å²) in [6.45, 7) is 7.21. The molecule has 4 aromatic carbocycles. The van der Waals surface area contributed by atoms with Gasteiger partial charge in [0, 0.05) is 6.42 Å². The van der Waals surface area contributed by atoms with Gasteiger partial charge in [-0.15, -0.1) is 0 Å². The van der Waals surface area contributed by atoms with Gasteiger partial charge in [-0.25, -0.2) is 4.39 Å². The molecule has 0 aliphatic carbocycles. The Bertz CT molecular complexity index is 1220. The molecular weight excluding hydrogens is 515 g/mol. The van der Waals surface area contributed by atoms with Gasteiger partial charge in [-0.2, -0.15) is 0 Å². The van der Waals surface area contributed by atoms with Crippen LogP contribution in [0.4, 0.5) is 4.39 Å². The number of ether oxygens (including phenoxy) is 1. The van der Waals surface area contributed by atoms with E-state index in [4.69, 9.17) is 9.53 Å². The highest BCUT2D eigenvalue weighted by Crippen LogP contribution is 2.22. The van der Waals surface area contributed by atoms with Crippen LogP contribution in [0.1, 0.15) is 40.7 Å². The molecule has 0 aromatic heterocycles. The van der Waals surface area contributed by atoms with Gasteiger partial charge >= 0.3 is 0 Å². The first-order valence-corrected chi connectivity index (χ1v) is 13.7. The average molecular weight is 559 g/mol. The standard InChI is InChI=1S/C17H20FNO.C10H12O.C7H8.CH3NO/c1-19-13-3-2-4-14-5-9-16(10-6-14)20-17-11-7-15(18)8-12-17;1-8-4-3-5-9(2)10(8)6-7-11;1-7-5-3-2-4-6-7;2-1-3/h5-12,19H,2-4,13H2,1H3;3-5,7H,6H2,1-2H3;2-6H,1H3;1H,(H2,2,3). The summed E-state index contributed by atoms with van der Waals surface area (Å²) >= 11 is 0. The molecule has 5 nitrogen and oxygen atoms in total. The van der Waals surface area contributed by atoms with E-state index < -0.39 is 0 Å². The molecule has 0 bridgehead atoms. The Labute approximate surface area is 244 Å². The number of hydrogen-bond acceptors (Lipinski definition) is 4. The lowest BCUT2D eigenvalue weighted by Gasteiger charge is -2.07. The van der Waals surface area contributed by atoms with Crippen LogP contribution in [-0.2, 0) is 22.4 Å². The van der Waals surface area contributed by atoms with Crippen molar-refractivity contribution in [2.75, 3.05) is 13.6 Å². The number of aldehydes is 1. The molecule has 0 aliphatic rings. The SMILES string of the molecule is CNCCCCc1ccc(Oc2ccc(F)cc2)cc1.Cc1cccc(C)c1CC=O.Cc1ccccc1.NC=O. The highest BCUT2D eigenvalue weighted by molar-refractivity contribution is 5.57. The number of nitrogens with two attached hydrogens (primary N) is 1. The lowest BCUT2D eigenvalue weighted by Crippen LogP contribution is -2.07. The second kappa shape index (κ2) is 21.5. The topological polar surface area (TPSA) is 81.4 Å². The van der Waals surface area contributed by atoms with E-state index in [9.17, 15) is 9.18 Å². The lowest BCUT2D eigenvalue weighted by atomic mass is 10.0. The van der Waals surface area contributed by atoms with Gasteiger partial charge in [-0.1, -0.05) is 66.2 Å². The van der Waals surface area contributed by atoms with E-state index in [1.807, 2.05) is 69.4 Å². The molecule has 0 saturated carbocycles. The van der Waals surface area contributed by atoms with Crippen molar-refractivity contribution < 1.29 is 18.7 Å². The van der Waals surface area contributed by atoms with Gasteiger partial charge in [-0.3, -0.25) is 4.79 Å². The normalized spacial score (nSPS) is 9.49. The third-order valence-corrected chi connectivity index (χ3v) is 5.99. The van der Waals surface area contributed by atoms with Crippen molar-refractivity contribution in [1.82, 2.24) is 5.32 Å². The number of halogens is 1. The minimum Gasteiger partial charge on any atom is -0.457 e. The fourth-order valence-corrected chi connectivity index (χ4v) is 3.78. The van der Waals surface area contributed by atoms with Crippen molar-refractivity contribution in [2.24, 2.45) is 5.73 Å². The summed E-state index contributed by atoms with van der Waals surface area (Å²) < 4.78 is 18.4. The van der Waals surface area contributed by atoms with Crippen LogP contribution in [0, 0.1) is 26.6 Å². The molecular formula is C35H43FN2O3. The first-order valence-electron chi connectivity index (χ1n) is 13.7. The Morgan fingerprint density at radius 2 is 1.29 bits per heavy atom. The van der Waals surface area contributed by atoms with E-state index in [-0.39, 0.29) is 12.2 Å².